The monoisotopic (exact) mass is 257 g/mol. The van der Waals surface area contributed by atoms with E-state index in [0.717, 1.165) is 0 Å². The molecule has 3 N–H and O–H groups in total. The zero-order valence-corrected chi connectivity index (χ0v) is 10.3. The molecule has 4 heteroatoms. The van der Waals surface area contributed by atoms with Gasteiger partial charge in [0.15, 0.2) is 0 Å². The summed E-state index contributed by atoms with van der Waals surface area (Å²) in [6.07, 6.45) is 0.457. The minimum Gasteiger partial charge on any atom is -0.508 e. The average molecular weight is 257 g/mol. The third-order valence-corrected chi connectivity index (χ3v) is 2.78. The number of benzene rings is 2. The minimum absolute atomic E-state index is 0.0992. The van der Waals surface area contributed by atoms with Gasteiger partial charge in [-0.2, -0.15) is 0 Å². The van der Waals surface area contributed by atoms with Gasteiger partial charge in [-0.3, -0.25) is 4.79 Å². The maximum Gasteiger partial charge on any atom is 0.251 e. The molecule has 0 bridgehead atoms. The van der Waals surface area contributed by atoms with Crippen molar-refractivity contribution in [2.45, 2.75) is 6.42 Å². The molecule has 0 unspecified atom stereocenters. The summed E-state index contributed by atoms with van der Waals surface area (Å²) in [7, 11) is 0. The molecule has 0 spiro atoms. The molecule has 1 amide bonds. The van der Waals surface area contributed by atoms with Gasteiger partial charge in [-0.1, -0.05) is 18.2 Å². The van der Waals surface area contributed by atoms with Crippen LogP contribution in [0.15, 0.2) is 48.5 Å². The Kier molecular flexibility index (Phi) is 4.03. The summed E-state index contributed by atoms with van der Waals surface area (Å²) < 4.78 is 0. The molecule has 4 nitrogen and oxygen atoms in total. The first-order valence-electron chi connectivity index (χ1n) is 6.01. The summed E-state index contributed by atoms with van der Waals surface area (Å²) in [4.78, 5) is 11.8. The van der Waals surface area contributed by atoms with Gasteiger partial charge in [0.05, 0.1) is 0 Å². The van der Waals surface area contributed by atoms with E-state index in [1.54, 1.807) is 24.3 Å². The number of carbonyl (C=O) groups excluding carboxylic acids is 1. The molecule has 2 aromatic rings. The molecule has 19 heavy (non-hydrogen) atoms. The van der Waals surface area contributed by atoms with E-state index >= 15 is 0 Å². The smallest absolute Gasteiger partial charge is 0.251 e. The van der Waals surface area contributed by atoms with Gasteiger partial charge in [-0.05, 0) is 42.3 Å². The van der Waals surface area contributed by atoms with Gasteiger partial charge in [-0.15, -0.1) is 0 Å². The highest BCUT2D eigenvalue weighted by Crippen LogP contribution is 2.22. The lowest BCUT2D eigenvalue weighted by molar-refractivity contribution is 0.0954. The number of hydrogen-bond donors (Lipinski definition) is 3. The number of rotatable bonds is 4. The number of phenolic OH excluding ortho intramolecular Hbond substituents is 2. The van der Waals surface area contributed by atoms with E-state index < -0.39 is 0 Å². The predicted octanol–water partition coefficient (Wildman–Crippen LogP) is 2.07. The van der Waals surface area contributed by atoms with E-state index in [2.05, 4.69) is 5.32 Å². The number of nitrogens with one attached hydrogen (secondary N) is 1. The second-order valence-corrected chi connectivity index (χ2v) is 4.18. The highest BCUT2D eigenvalue weighted by Gasteiger charge is 2.06. The van der Waals surface area contributed by atoms with Crippen LogP contribution in [-0.2, 0) is 6.42 Å². The van der Waals surface area contributed by atoms with Crippen LogP contribution < -0.4 is 5.32 Å². The molecular formula is C15H15NO3. The molecule has 0 saturated heterocycles. The molecule has 0 radical (unpaired) electrons. The first-order chi connectivity index (χ1) is 9.16. The number of phenols is 2. The zero-order chi connectivity index (χ0) is 13.7. The Bertz CT molecular complexity index is 567. The molecule has 0 fully saturated rings. The van der Waals surface area contributed by atoms with E-state index in [0.29, 0.717) is 24.1 Å². The van der Waals surface area contributed by atoms with Gasteiger partial charge in [-0.25, -0.2) is 0 Å². The summed E-state index contributed by atoms with van der Waals surface area (Å²) in [5.41, 5.74) is 1.20. The van der Waals surface area contributed by atoms with Gasteiger partial charge in [0.2, 0.25) is 0 Å². The van der Waals surface area contributed by atoms with Crippen molar-refractivity contribution in [3.05, 3.63) is 59.7 Å². The summed E-state index contributed by atoms with van der Waals surface area (Å²) in [6, 6.07) is 13.3. The SMILES string of the molecule is O=C(NCCc1cc(O)ccc1O)c1ccccc1. The van der Waals surface area contributed by atoms with Crippen LogP contribution in [0.3, 0.4) is 0 Å². The highest BCUT2D eigenvalue weighted by atomic mass is 16.3. The Labute approximate surface area is 111 Å². The topological polar surface area (TPSA) is 69.6 Å². The number of amides is 1. The van der Waals surface area contributed by atoms with Crippen molar-refractivity contribution in [3.63, 3.8) is 0 Å². The first-order valence-corrected chi connectivity index (χ1v) is 6.01. The van der Waals surface area contributed by atoms with Crippen LogP contribution in [0.5, 0.6) is 11.5 Å². The predicted molar refractivity (Wildman–Crippen MR) is 72.3 cm³/mol. The molecule has 0 heterocycles. The minimum atomic E-state index is -0.153. The van der Waals surface area contributed by atoms with E-state index in [-0.39, 0.29) is 17.4 Å². The van der Waals surface area contributed by atoms with Crippen LogP contribution in [0.2, 0.25) is 0 Å². The lowest BCUT2D eigenvalue weighted by atomic mass is 10.1. The lowest BCUT2D eigenvalue weighted by Crippen LogP contribution is -2.25. The standard InChI is InChI=1S/C15H15NO3/c17-13-6-7-14(18)12(10-13)8-9-16-15(19)11-4-2-1-3-5-11/h1-7,10,17-18H,8-9H2,(H,16,19). The number of aromatic hydroxyl groups is 2. The fourth-order valence-corrected chi connectivity index (χ4v) is 1.77. The van der Waals surface area contributed by atoms with Crippen molar-refractivity contribution >= 4 is 5.91 Å². The van der Waals surface area contributed by atoms with Crippen LogP contribution in [0, 0.1) is 0 Å². The Balaban J connectivity index is 1.90. The van der Waals surface area contributed by atoms with Crippen molar-refractivity contribution in [2.24, 2.45) is 0 Å². The molecule has 0 aliphatic carbocycles. The van der Waals surface area contributed by atoms with Crippen molar-refractivity contribution in [2.75, 3.05) is 6.54 Å². The second kappa shape index (κ2) is 5.91. The van der Waals surface area contributed by atoms with Gasteiger partial charge in [0.25, 0.3) is 5.91 Å². The maximum atomic E-state index is 11.8. The number of hydrogen-bond acceptors (Lipinski definition) is 3. The summed E-state index contributed by atoms with van der Waals surface area (Å²) in [6.45, 7) is 0.394. The van der Waals surface area contributed by atoms with Crippen LogP contribution in [0.25, 0.3) is 0 Å². The van der Waals surface area contributed by atoms with Crippen LogP contribution >= 0.6 is 0 Å². The van der Waals surface area contributed by atoms with Gasteiger partial charge < -0.3 is 15.5 Å². The average Bonchev–Trinajstić information content (AvgIpc) is 2.43. The molecular weight excluding hydrogens is 242 g/mol. The van der Waals surface area contributed by atoms with Crippen molar-refractivity contribution in [1.29, 1.82) is 0 Å². The zero-order valence-electron chi connectivity index (χ0n) is 10.3. The van der Waals surface area contributed by atoms with E-state index in [1.165, 1.54) is 18.2 Å². The molecule has 0 aromatic heterocycles. The van der Waals surface area contributed by atoms with E-state index in [4.69, 9.17) is 0 Å². The Hall–Kier alpha value is -2.49. The molecule has 0 saturated carbocycles. The molecule has 2 aromatic carbocycles. The Morgan fingerprint density at radius 3 is 2.53 bits per heavy atom. The molecule has 2 rings (SSSR count). The Morgan fingerprint density at radius 1 is 1.05 bits per heavy atom. The van der Waals surface area contributed by atoms with Gasteiger partial charge >= 0.3 is 0 Å². The Morgan fingerprint density at radius 2 is 1.79 bits per heavy atom. The third-order valence-electron chi connectivity index (χ3n) is 2.78. The summed E-state index contributed by atoms with van der Waals surface area (Å²) in [5.74, 6) is 0.0641. The molecule has 0 aliphatic heterocycles. The van der Waals surface area contributed by atoms with Gasteiger partial charge in [0.1, 0.15) is 11.5 Å². The van der Waals surface area contributed by atoms with Crippen LogP contribution in [-0.4, -0.2) is 22.7 Å². The van der Waals surface area contributed by atoms with Crippen LogP contribution in [0.4, 0.5) is 0 Å². The molecule has 0 atom stereocenters. The fourth-order valence-electron chi connectivity index (χ4n) is 1.77. The fraction of sp³-hybridized carbons (Fsp3) is 0.133. The second-order valence-electron chi connectivity index (χ2n) is 4.18. The van der Waals surface area contributed by atoms with E-state index in [9.17, 15) is 15.0 Å². The van der Waals surface area contributed by atoms with Crippen LogP contribution in [0.1, 0.15) is 15.9 Å². The van der Waals surface area contributed by atoms with Crippen molar-refractivity contribution in [3.8, 4) is 11.5 Å². The van der Waals surface area contributed by atoms with Crippen molar-refractivity contribution < 1.29 is 15.0 Å². The maximum absolute atomic E-state index is 11.8. The largest absolute Gasteiger partial charge is 0.508 e. The summed E-state index contributed by atoms with van der Waals surface area (Å²) in [5, 5.41) is 21.7. The lowest BCUT2D eigenvalue weighted by Gasteiger charge is -2.07. The summed E-state index contributed by atoms with van der Waals surface area (Å²) >= 11 is 0. The molecule has 98 valence electrons. The van der Waals surface area contributed by atoms with Crippen molar-refractivity contribution in [1.82, 2.24) is 5.32 Å². The number of carbonyl (C=O) groups is 1. The normalized spacial score (nSPS) is 10.1. The van der Waals surface area contributed by atoms with Gasteiger partial charge in [0, 0.05) is 12.1 Å². The highest BCUT2D eigenvalue weighted by molar-refractivity contribution is 5.94. The quantitative estimate of drug-likeness (QED) is 0.734. The molecule has 0 aliphatic rings. The van der Waals surface area contributed by atoms with E-state index in [1.807, 2.05) is 6.07 Å². The first kappa shape index (κ1) is 13.0. The third kappa shape index (κ3) is 3.48.